The van der Waals surface area contributed by atoms with Gasteiger partial charge in [-0.3, -0.25) is 0 Å². The number of methoxy groups -OCH3 is 2. The van der Waals surface area contributed by atoms with E-state index in [1.165, 1.54) is 14.2 Å². The third-order valence-electron chi connectivity index (χ3n) is 3.58. The van der Waals surface area contributed by atoms with Gasteiger partial charge in [0.15, 0.2) is 0 Å². The van der Waals surface area contributed by atoms with Gasteiger partial charge in [0.05, 0.1) is 31.8 Å². The van der Waals surface area contributed by atoms with Gasteiger partial charge in [0, 0.05) is 5.56 Å². The van der Waals surface area contributed by atoms with Crippen molar-refractivity contribution in [1.29, 1.82) is 5.26 Å². The average Bonchev–Trinajstić information content (AvgIpc) is 2.53. The number of ether oxygens (including phenoxy) is 3. The number of rotatable bonds is 4. The summed E-state index contributed by atoms with van der Waals surface area (Å²) in [5.41, 5.74) is 6.15. The van der Waals surface area contributed by atoms with Crippen molar-refractivity contribution in [3.8, 4) is 17.6 Å². The van der Waals surface area contributed by atoms with Crippen LogP contribution < -0.4 is 15.2 Å². The first-order chi connectivity index (χ1) is 10.9. The summed E-state index contributed by atoms with van der Waals surface area (Å²) in [7, 11) is 2.95. The highest BCUT2D eigenvalue weighted by atomic mass is 16.5. The maximum absolute atomic E-state index is 11.6. The maximum Gasteiger partial charge on any atom is 0.338 e. The molecule has 1 aromatic carbocycles. The minimum Gasteiger partial charge on any atom is -0.497 e. The molecule has 2 rings (SSSR count). The van der Waals surface area contributed by atoms with E-state index in [9.17, 15) is 15.2 Å². The number of carbonyl (C=O) groups is 1. The zero-order chi connectivity index (χ0) is 17.1. The van der Waals surface area contributed by atoms with E-state index in [1.807, 2.05) is 6.07 Å². The van der Waals surface area contributed by atoms with Crippen LogP contribution in [0, 0.1) is 11.3 Å². The SMILES string of the molecule is COc1ccc(OC)c([C@H]2C(C#N)=C(C)OC(N)=C2C(=O)O)c1. The molecule has 0 saturated heterocycles. The van der Waals surface area contributed by atoms with Gasteiger partial charge in [-0.1, -0.05) is 0 Å². The summed E-state index contributed by atoms with van der Waals surface area (Å²) in [6.45, 7) is 1.56. The summed E-state index contributed by atoms with van der Waals surface area (Å²) in [5.74, 6) is -1.24. The zero-order valence-corrected chi connectivity index (χ0v) is 12.9. The molecule has 3 N–H and O–H groups in total. The Labute approximate surface area is 133 Å². The number of carboxylic acid groups (broad SMARTS) is 1. The fourth-order valence-corrected chi connectivity index (χ4v) is 2.51. The second-order valence-corrected chi connectivity index (χ2v) is 4.81. The first-order valence-electron chi connectivity index (χ1n) is 6.68. The Kier molecular flexibility index (Phi) is 4.46. The monoisotopic (exact) mass is 316 g/mol. The molecule has 0 fully saturated rings. The Morgan fingerprint density at radius 2 is 2.09 bits per heavy atom. The summed E-state index contributed by atoms with van der Waals surface area (Å²) in [5, 5.41) is 19.0. The minimum absolute atomic E-state index is 0.156. The molecule has 0 aliphatic carbocycles. The molecule has 1 aliphatic rings. The minimum atomic E-state index is -1.27. The van der Waals surface area contributed by atoms with Gasteiger partial charge in [-0.25, -0.2) is 4.79 Å². The van der Waals surface area contributed by atoms with Crippen molar-refractivity contribution >= 4 is 5.97 Å². The first kappa shape index (κ1) is 16.2. The van der Waals surface area contributed by atoms with Gasteiger partial charge in [0.25, 0.3) is 0 Å². The average molecular weight is 316 g/mol. The van der Waals surface area contributed by atoms with Gasteiger partial charge in [-0.05, 0) is 25.1 Å². The van der Waals surface area contributed by atoms with Crippen LogP contribution in [-0.2, 0) is 9.53 Å². The van der Waals surface area contributed by atoms with Crippen molar-refractivity contribution in [2.24, 2.45) is 5.73 Å². The summed E-state index contributed by atoms with van der Waals surface area (Å²) in [6, 6.07) is 6.94. The number of hydrogen-bond donors (Lipinski definition) is 2. The number of nitrogens with zero attached hydrogens (tertiary/aromatic N) is 1. The summed E-state index contributed by atoms with van der Waals surface area (Å²) < 4.78 is 15.7. The van der Waals surface area contributed by atoms with Crippen LogP contribution in [0.4, 0.5) is 0 Å². The van der Waals surface area contributed by atoms with Crippen molar-refractivity contribution in [1.82, 2.24) is 0 Å². The molecule has 0 amide bonds. The molecule has 0 bridgehead atoms. The largest absolute Gasteiger partial charge is 0.497 e. The second kappa shape index (κ2) is 6.32. The maximum atomic E-state index is 11.6. The number of benzene rings is 1. The molecule has 1 atom stereocenters. The van der Waals surface area contributed by atoms with Crippen molar-refractivity contribution in [2.75, 3.05) is 14.2 Å². The molecule has 23 heavy (non-hydrogen) atoms. The van der Waals surface area contributed by atoms with Crippen LogP contribution >= 0.6 is 0 Å². The van der Waals surface area contributed by atoms with E-state index in [2.05, 4.69) is 0 Å². The van der Waals surface area contributed by atoms with Crippen molar-refractivity contribution in [3.05, 3.63) is 46.6 Å². The van der Waals surface area contributed by atoms with Gasteiger partial charge in [-0.15, -0.1) is 0 Å². The Balaban J connectivity index is 2.76. The number of nitriles is 1. The molecule has 7 nitrogen and oxygen atoms in total. The highest BCUT2D eigenvalue weighted by Crippen LogP contribution is 2.43. The Bertz CT molecular complexity index is 758. The lowest BCUT2D eigenvalue weighted by molar-refractivity contribution is -0.133. The molecule has 0 unspecified atom stereocenters. The van der Waals surface area contributed by atoms with Crippen molar-refractivity contribution in [2.45, 2.75) is 12.8 Å². The van der Waals surface area contributed by atoms with Gasteiger partial charge < -0.3 is 25.1 Å². The Hall–Kier alpha value is -3.14. The van der Waals surface area contributed by atoms with Crippen LogP contribution in [-0.4, -0.2) is 25.3 Å². The summed E-state index contributed by atoms with van der Waals surface area (Å²) in [6.07, 6.45) is 0. The third kappa shape index (κ3) is 2.79. The van der Waals surface area contributed by atoms with E-state index in [1.54, 1.807) is 25.1 Å². The van der Waals surface area contributed by atoms with Crippen LogP contribution in [0.5, 0.6) is 11.5 Å². The van der Waals surface area contributed by atoms with Crippen LogP contribution in [0.25, 0.3) is 0 Å². The fourth-order valence-electron chi connectivity index (χ4n) is 2.51. The molecule has 0 spiro atoms. The van der Waals surface area contributed by atoms with E-state index in [4.69, 9.17) is 19.9 Å². The highest BCUT2D eigenvalue weighted by Gasteiger charge is 2.37. The number of nitrogens with two attached hydrogens (primary N) is 1. The molecule has 1 aromatic rings. The lowest BCUT2D eigenvalue weighted by atomic mass is 9.82. The van der Waals surface area contributed by atoms with Crippen LogP contribution in [0.15, 0.2) is 41.0 Å². The van der Waals surface area contributed by atoms with E-state index < -0.39 is 11.9 Å². The normalized spacial score (nSPS) is 17.4. The molecular weight excluding hydrogens is 300 g/mol. The van der Waals surface area contributed by atoms with Gasteiger partial charge in [0.2, 0.25) is 5.88 Å². The highest BCUT2D eigenvalue weighted by molar-refractivity contribution is 5.91. The van der Waals surface area contributed by atoms with E-state index in [-0.39, 0.29) is 22.8 Å². The number of hydrogen-bond acceptors (Lipinski definition) is 6. The Morgan fingerprint density at radius 1 is 1.39 bits per heavy atom. The number of carboxylic acids is 1. The molecule has 0 radical (unpaired) electrons. The third-order valence-corrected chi connectivity index (χ3v) is 3.58. The van der Waals surface area contributed by atoms with E-state index in [0.29, 0.717) is 17.1 Å². The van der Waals surface area contributed by atoms with Crippen LogP contribution in [0.3, 0.4) is 0 Å². The van der Waals surface area contributed by atoms with Crippen LogP contribution in [0.2, 0.25) is 0 Å². The molecular formula is C16H16N2O5. The van der Waals surface area contributed by atoms with Crippen molar-refractivity contribution in [3.63, 3.8) is 0 Å². The fraction of sp³-hybridized carbons (Fsp3) is 0.250. The lowest BCUT2D eigenvalue weighted by Crippen LogP contribution is -2.25. The number of aliphatic carboxylic acids is 1. The quantitative estimate of drug-likeness (QED) is 0.871. The van der Waals surface area contributed by atoms with Gasteiger partial charge in [0.1, 0.15) is 22.8 Å². The van der Waals surface area contributed by atoms with Crippen molar-refractivity contribution < 1.29 is 24.1 Å². The van der Waals surface area contributed by atoms with E-state index >= 15 is 0 Å². The lowest BCUT2D eigenvalue weighted by Gasteiger charge is -2.27. The predicted octanol–water partition coefficient (Wildman–Crippen LogP) is 1.87. The Morgan fingerprint density at radius 3 is 2.61 bits per heavy atom. The van der Waals surface area contributed by atoms with Gasteiger partial charge >= 0.3 is 5.97 Å². The first-order valence-corrected chi connectivity index (χ1v) is 6.68. The second-order valence-electron chi connectivity index (χ2n) is 4.81. The zero-order valence-electron chi connectivity index (χ0n) is 12.9. The smallest absolute Gasteiger partial charge is 0.338 e. The molecule has 120 valence electrons. The molecule has 0 saturated carbocycles. The summed E-state index contributed by atoms with van der Waals surface area (Å²) in [4.78, 5) is 11.6. The van der Waals surface area contributed by atoms with E-state index in [0.717, 1.165) is 0 Å². The molecule has 7 heteroatoms. The predicted molar refractivity (Wildman–Crippen MR) is 80.5 cm³/mol. The van der Waals surface area contributed by atoms with Gasteiger partial charge in [-0.2, -0.15) is 5.26 Å². The standard InChI is InChI=1S/C16H16N2O5/c1-8-11(7-17)13(14(16(19)20)15(18)23-8)10-6-9(21-2)4-5-12(10)22-3/h4-6,13H,18H2,1-3H3,(H,19,20)/t13-/m0/s1. The number of allylic oxidation sites excluding steroid dienone is 2. The summed E-state index contributed by atoms with van der Waals surface area (Å²) >= 11 is 0. The molecule has 0 aromatic heterocycles. The topological polar surface area (TPSA) is 115 Å². The molecule has 1 heterocycles. The van der Waals surface area contributed by atoms with Crippen LogP contribution in [0.1, 0.15) is 18.4 Å². The molecule has 1 aliphatic heterocycles.